The molecule has 2 heterocycles. The third-order valence-electron chi connectivity index (χ3n) is 6.05. The fourth-order valence-electron chi connectivity index (χ4n) is 4.08. The monoisotopic (exact) mass is 527 g/mol. The highest BCUT2D eigenvalue weighted by Crippen LogP contribution is 2.27. The SMILES string of the molecule is COCCOc1cccc(CN(Cc2cccc(OC)c2)c2nc(COCCN3CCOCC3)cs2)c1. The van der Waals surface area contributed by atoms with E-state index >= 15 is 0 Å². The van der Waals surface area contributed by atoms with E-state index < -0.39 is 0 Å². The van der Waals surface area contributed by atoms with Crippen molar-refractivity contribution in [3.63, 3.8) is 0 Å². The summed E-state index contributed by atoms with van der Waals surface area (Å²) in [4.78, 5) is 9.58. The topological polar surface area (TPSA) is 65.5 Å². The Balaban J connectivity index is 1.41. The van der Waals surface area contributed by atoms with Crippen LogP contribution in [0, 0.1) is 0 Å². The van der Waals surface area contributed by atoms with Gasteiger partial charge in [0.15, 0.2) is 5.13 Å². The second-order valence-corrected chi connectivity index (χ2v) is 9.66. The number of methoxy groups -OCH3 is 2. The predicted molar refractivity (Wildman–Crippen MR) is 146 cm³/mol. The first-order chi connectivity index (χ1) is 18.2. The summed E-state index contributed by atoms with van der Waals surface area (Å²) < 4.78 is 27.7. The van der Waals surface area contributed by atoms with E-state index in [4.69, 9.17) is 28.7 Å². The number of ether oxygens (including phenoxy) is 5. The molecule has 1 aliphatic rings. The van der Waals surface area contributed by atoms with Gasteiger partial charge >= 0.3 is 0 Å². The van der Waals surface area contributed by atoms with Crippen molar-refractivity contribution in [2.75, 3.05) is 71.8 Å². The van der Waals surface area contributed by atoms with Crippen molar-refractivity contribution >= 4 is 16.5 Å². The van der Waals surface area contributed by atoms with Crippen molar-refractivity contribution in [3.05, 3.63) is 70.7 Å². The van der Waals surface area contributed by atoms with Gasteiger partial charge in [-0.25, -0.2) is 4.98 Å². The number of thiazole rings is 1. The third kappa shape index (κ3) is 8.98. The average molecular weight is 528 g/mol. The zero-order valence-electron chi connectivity index (χ0n) is 21.8. The van der Waals surface area contributed by atoms with Crippen LogP contribution >= 0.6 is 11.3 Å². The Morgan fingerprint density at radius 1 is 0.946 bits per heavy atom. The molecule has 0 spiro atoms. The van der Waals surface area contributed by atoms with Gasteiger partial charge in [-0.2, -0.15) is 0 Å². The van der Waals surface area contributed by atoms with E-state index in [0.29, 0.717) is 39.5 Å². The normalized spacial score (nSPS) is 14.0. The molecule has 3 aromatic rings. The van der Waals surface area contributed by atoms with Crippen molar-refractivity contribution in [3.8, 4) is 11.5 Å². The summed E-state index contributed by atoms with van der Waals surface area (Å²) >= 11 is 1.64. The molecule has 2 aromatic carbocycles. The second kappa shape index (κ2) is 14.9. The minimum atomic E-state index is 0.511. The summed E-state index contributed by atoms with van der Waals surface area (Å²) in [6, 6.07) is 16.4. The first-order valence-electron chi connectivity index (χ1n) is 12.6. The van der Waals surface area contributed by atoms with Crippen LogP contribution in [0.2, 0.25) is 0 Å². The fourth-order valence-corrected chi connectivity index (χ4v) is 4.89. The molecule has 1 aromatic heterocycles. The molecule has 0 N–H and O–H groups in total. The molecule has 4 rings (SSSR count). The Kier molecular flexibility index (Phi) is 11.0. The Hall–Kier alpha value is -2.69. The van der Waals surface area contributed by atoms with E-state index in [2.05, 4.69) is 39.4 Å². The molecular weight excluding hydrogens is 490 g/mol. The number of benzene rings is 2. The maximum atomic E-state index is 5.94. The smallest absolute Gasteiger partial charge is 0.186 e. The van der Waals surface area contributed by atoms with Crippen molar-refractivity contribution in [1.29, 1.82) is 0 Å². The lowest BCUT2D eigenvalue weighted by Gasteiger charge is -2.26. The first-order valence-corrected chi connectivity index (χ1v) is 13.5. The van der Waals surface area contributed by atoms with E-state index in [9.17, 15) is 0 Å². The summed E-state index contributed by atoms with van der Waals surface area (Å²) in [5.41, 5.74) is 3.26. The van der Waals surface area contributed by atoms with Crippen molar-refractivity contribution in [2.24, 2.45) is 0 Å². The van der Waals surface area contributed by atoms with Gasteiger partial charge in [0.1, 0.15) is 18.1 Å². The van der Waals surface area contributed by atoms with Crippen LogP contribution in [0.25, 0.3) is 0 Å². The predicted octanol–water partition coefficient (Wildman–Crippen LogP) is 4.23. The Morgan fingerprint density at radius 3 is 2.41 bits per heavy atom. The van der Waals surface area contributed by atoms with Crippen LogP contribution in [0.5, 0.6) is 11.5 Å². The second-order valence-electron chi connectivity index (χ2n) is 8.82. The molecule has 1 fully saturated rings. The van der Waals surface area contributed by atoms with Crippen LogP contribution in [0.1, 0.15) is 16.8 Å². The van der Waals surface area contributed by atoms with Gasteiger partial charge in [0.05, 0.1) is 45.8 Å². The number of anilines is 1. The van der Waals surface area contributed by atoms with Crippen LogP contribution in [0.3, 0.4) is 0 Å². The lowest BCUT2D eigenvalue weighted by molar-refractivity contribution is 0.0177. The highest BCUT2D eigenvalue weighted by Gasteiger charge is 2.15. The summed E-state index contributed by atoms with van der Waals surface area (Å²) in [5, 5.41) is 3.05. The van der Waals surface area contributed by atoms with Gasteiger partial charge in [-0.05, 0) is 35.4 Å². The summed E-state index contributed by atoms with van der Waals surface area (Å²) in [7, 11) is 3.37. The number of aromatic nitrogens is 1. The van der Waals surface area contributed by atoms with Crippen LogP contribution in [0.15, 0.2) is 53.9 Å². The maximum absolute atomic E-state index is 5.94. The largest absolute Gasteiger partial charge is 0.497 e. The number of rotatable bonds is 15. The van der Waals surface area contributed by atoms with Gasteiger partial charge in [0, 0.05) is 45.2 Å². The van der Waals surface area contributed by atoms with Crippen LogP contribution in [0.4, 0.5) is 5.13 Å². The zero-order chi connectivity index (χ0) is 25.7. The van der Waals surface area contributed by atoms with Crippen LogP contribution < -0.4 is 14.4 Å². The Bertz CT molecular complexity index is 1070. The quantitative estimate of drug-likeness (QED) is 0.272. The lowest BCUT2D eigenvalue weighted by Crippen LogP contribution is -2.38. The van der Waals surface area contributed by atoms with E-state index in [0.717, 1.165) is 66.3 Å². The van der Waals surface area contributed by atoms with E-state index in [1.165, 1.54) is 0 Å². The number of hydrogen-bond acceptors (Lipinski definition) is 9. The maximum Gasteiger partial charge on any atom is 0.186 e. The zero-order valence-corrected chi connectivity index (χ0v) is 22.6. The van der Waals surface area contributed by atoms with Gasteiger partial charge in [-0.1, -0.05) is 24.3 Å². The Morgan fingerprint density at radius 2 is 1.68 bits per heavy atom. The molecule has 8 nitrogen and oxygen atoms in total. The van der Waals surface area contributed by atoms with Crippen molar-refractivity contribution in [2.45, 2.75) is 19.7 Å². The molecule has 0 saturated carbocycles. The standard InChI is InChI=1S/C28H37N3O5S/c1-32-15-16-36-27-8-4-6-24(18-27)20-31(19-23-5-3-7-26(17-23)33-2)28-29-25(22-37-28)21-35-14-11-30-9-12-34-13-10-30/h3-8,17-18,22H,9-16,19-21H2,1-2H3. The molecular formula is C28H37N3O5S. The van der Waals surface area contributed by atoms with Crippen molar-refractivity contribution in [1.82, 2.24) is 9.88 Å². The van der Waals surface area contributed by atoms with E-state index in [1.54, 1.807) is 25.6 Å². The molecule has 9 heteroatoms. The third-order valence-corrected chi connectivity index (χ3v) is 7.00. The summed E-state index contributed by atoms with van der Waals surface area (Å²) in [6.07, 6.45) is 0. The molecule has 0 aliphatic carbocycles. The number of hydrogen-bond donors (Lipinski definition) is 0. The molecule has 0 amide bonds. The molecule has 200 valence electrons. The number of morpholine rings is 1. The van der Waals surface area contributed by atoms with Gasteiger partial charge in [-0.15, -0.1) is 11.3 Å². The summed E-state index contributed by atoms with van der Waals surface area (Å²) in [5.74, 6) is 1.68. The highest BCUT2D eigenvalue weighted by atomic mass is 32.1. The molecule has 0 atom stereocenters. The number of nitrogens with zero attached hydrogens (tertiary/aromatic N) is 3. The van der Waals surface area contributed by atoms with E-state index in [-0.39, 0.29) is 0 Å². The first kappa shape index (κ1) is 27.3. The fraction of sp³-hybridized carbons (Fsp3) is 0.464. The van der Waals surface area contributed by atoms with Gasteiger partial charge in [0.2, 0.25) is 0 Å². The van der Waals surface area contributed by atoms with Gasteiger partial charge < -0.3 is 28.6 Å². The van der Waals surface area contributed by atoms with Crippen molar-refractivity contribution < 1.29 is 23.7 Å². The molecule has 0 bridgehead atoms. The van der Waals surface area contributed by atoms with Gasteiger partial charge in [-0.3, -0.25) is 4.90 Å². The van der Waals surface area contributed by atoms with Gasteiger partial charge in [0.25, 0.3) is 0 Å². The minimum Gasteiger partial charge on any atom is -0.497 e. The molecule has 0 radical (unpaired) electrons. The highest BCUT2D eigenvalue weighted by molar-refractivity contribution is 7.13. The molecule has 37 heavy (non-hydrogen) atoms. The molecule has 0 unspecified atom stereocenters. The van der Waals surface area contributed by atoms with Crippen LogP contribution in [-0.4, -0.2) is 76.8 Å². The van der Waals surface area contributed by atoms with Crippen LogP contribution in [-0.2, 0) is 33.9 Å². The van der Waals surface area contributed by atoms with E-state index in [1.807, 2.05) is 24.3 Å². The molecule has 1 saturated heterocycles. The molecule has 1 aliphatic heterocycles. The Labute approximate surface area is 223 Å². The summed E-state index contributed by atoms with van der Waals surface area (Å²) in [6.45, 7) is 8.17. The lowest BCUT2D eigenvalue weighted by atomic mass is 10.1. The minimum absolute atomic E-state index is 0.511. The average Bonchev–Trinajstić information content (AvgIpc) is 3.41.